The standard InChI is InChI=1S/C29H34O8S/c1-4-35-26(34)37-29(25(33)36-16-22(32)23-6-5-13-38-23)12-10-20-19-8-7-17-14-18(30)9-11-27(17,2)24(19)21(31)15-28(20,29)3/h5-6,9,11,13-14,19-21,24,31H,4,7-8,10,12,15-16H2,1-3H3/t19-,20-,21-,24+,27-,28-,29-/m0/s1. The fourth-order valence-electron chi connectivity index (χ4n) is 7.90. The highest BCUT2D eigenvalue weighted by Gasteiger charge is 2.71. The van der Waals surface area contributed by atoms with Crippen molar-refractivity contribution in [3.05, 3.63) is 46.2 Å². The van der Waals surface area contributed by atoms with Crippen molar-refractivity contribution in [1.82, 2.24) is 0 Å². The molecule has 0 aliphatic heterocycles. The fourth-order valence-corrected chi connectivity index (χ4v) is 8.56. The summed E-state index contributed by atoms with van der Waals surface area (Å²) < 4.78 is 16.5. The summed E-state index contributed by atoms with van der Waals surface area (Å²) in [7, 11) is 0. The summed E-state index contributed by atoms with van der Waals surface area (Å²) in [6, 6.07) is 3.41. The Morgan fingerprint density at radius 3 is 2.68 bits per heavy atom. The lowest BCUT2D eigenvalue weighted by Gasteiger charge is -2.59. The van der Waals surface area contributed by atoms with Gasteiger partial charge >= 0.3 is 12.1 Å². The Hall–Kier alpha value is -2.78. The van der Waals surface area contributed by atoms with Gasteiger partial charge in [0.1, 0.15) is 0 Å². The maximum Gasteiger partial charge on any atom is 0.509 e. The molecule has 5 rings (SSSR count). The number of rotatable bonds is 6. The van der Waals surface area contributed by atoms with Crippen molar-refractivity contribution in [3.8, 4) is 0 Å². The first-order chi connectivity index (χ1) is 18.1. The number of thiophene rings is 1. The van der Waals surface area contributed by atoms with Crippen molar-refractivity contribution in [3.63, 3.8) is 0 Å². The number of hydrogen-bond acceptors (Lipinski definition) is 9. The second-order valence-corrected chi connectivity index (χ2v) is 12.3. The molecule has 204 valence electrons. The van der Waals surface area contributed by atoms with Crippen LogP contribution in [0.3, 0.4) is 0 Å². The van der Waals surface area contributed by atoms with Crippen LogP contribution in [-0.2, 0) is 23.8 Å². The third-order valence-electron chi connectivity index (χ3n) is 9.60. The van der Waals surface area contributed by atoms with Crippen LogP contribution in [0.25, 0.3) is 0 Å². The summed E-state index contributed by atoms with van der Waals surface area (Å²) in [4.78, 5) is 51.6. The van der Waals surface area contributed by atoms with E-state index in [1.165, 1.54) is 11.3 Å². The molecule has 0 saturated heterocycles. The molecule has 1 aromatic heterocycles. The van der Waals surface area contributed by atoms with Gasteiger partial charge in [-0.15, -0.1) is 11.3 Å². The molecule has 0 radical (unpaired) electrons. The molecule has 3 saturated carbocycles. The number of Topliss-reactive ketones (excluding diaryl/α,β-unsaturated/α-hetero) is 1. The van der Waals surface area contributed by atoms with Gasteiger partial charge in [-0.1, -0.05) is 31.6 Å². The highest BCUT2D eigenvalue weighted by Crippen LogP contribution is 2.68. The summed E-state index contributed by atoms with van der Waals surface area (Å²) in [6.45, 7) is 5.22. The zero-order valence-corrected chi connectivity index (χ0v) is 22.8. The molecular weight excluding hydrogens is 508 g/mol. The predicted molar refractivity (Wildman–Crippen MR) is 138 cm³/mol. The van der Waals surface area contributed by atoms with Gasteiger partial charge in [-0.05, 0) is 74.5 Å². The first-order valence-electron chi connectivity index (χ1n) is 13.3. The van der Waals surface area contributed by atoms with Crippen LogP contribution in [0.5, 0.6) is 0 Å². The number of ketones is 2. The van der Waals surface area contributed by atoms with Crippen LogP contribution in [0, 0.1) is 28.6 Å². The van der Waals surface area contributed by atoms with E-state index in [1.54, 1.807) is 36.6 Å². The smallest absolute Gasteiger partial charge is 0.454 e. The van der Waals surface area contributed by atoms with Crippen LogP contribution in [0.1, 0.15) is 62.5 Å². The number of aliphatic hydroxyl groups excluding tert-OH is 1. The first-order valence-corrected chi connectivity index (χ1v) is 14.2. The summed E-state index contributed by atoms with van der Waals surface area (Å²) in [5.74, 6) is -1.29. The number of aliphatic hydroxyl groups is 1. The van der Waals surface area contributed by atoms with Crippen LogP contribution in [0.15, 0.2) is 41.3 Å². The molecule has 0 bridgehead atoms. The van der Waals surface area contributed by atoms with Crippen molar-refractivity contribution in [2.45, 2.75) is 64.6 Å². The number of esters is 1. The number of carbonyl (C=O) groups is 4. The Kier molecular flexibility index (Phi) is 6.88. The molecule has 4 aliphatic carbocycles. The van der Waals surface area contributed by atoms with Crippen molar-refractivity contribution >= 4 is 35.0 Å². The van der Waals surface area contributed by atoms with E-state index >= 15 is 0 Å². The Morgan fingerprint density at radius 2 is 1.97 bits per heavy atom. The minimum Gasteiger partial charge on any atom is -0.454 e. The lowest BCUT2D eigenvalue weighted by Crippen LogP contribution is -2.63. The van der Waals surface area contributed by atoms with Gasteiger partial charge in [0.05, 0.1) is 17.6 Å². The lowest BCUT2D eigenvalue weighted by molar-refractivity contribution is -0.200. The van der Waals surface area contributed by atoms with Gasteiger partial charge in [0, 0.05) is 16.7 Å². The molecule has 0 amide bonds. The number of hydrogen-bond donors (Lipinski definition) is 1. The molecule has 8 nitrogen and oxygen atoms in total. The van der Waals surface area contributed by atoms with E-state index in [9.17, 15) is 24.3 Å². The maximum atomic E-state index is 13.8. The average Bonchev–Trinajstić information content (AvgIpc) is 3.50. The number of carbonyl (C=O) groups excluding carboxylic acids is 4. The quantitative estimate of drug-likeness (QED) is 0.407. The molecule has 4 aliphatic rings. The molecule has 9 heteroatoms. The van der Waals surface area contributed by atoms with Crippen molar-refractivity contribution in [2.75, 3.05) is 13.2 Å². The zero-order chi connectivity index (χ0) is 27.3. The molecule has 3 fully saturated rings. The molecule has 38 heavy (non-hydrogen) atoms. The number of fused-ring (bicyclic) bond motifs is 5. The summed E-state index contributed by atoms with van der Waals surface area (Å²) in [5.41, 5.74) is -2.05. The summed E-state index contributed by atoms with van der Waals surface area (Å²) in [5, 5.41) is 13.4. The minimum absolute atomic E-state index is 0.0337. The Morgan fingerprint density at radius 1 is 1.18 bits per heavy atom. The lowest BCUT2D eigenvalue weighted by atomic mass is 9.46. The molecular formula is C29H34O8S. The average molecular weight is 543 g/mol. The van der Waals surface area contributed by atoms with Gasteiger partial charge in [0.2, 0.25) is 11.4 Å². The first kappa shape index (κ1) is 26.8. The van der Waals surface area contributed by atoms with Gasteiger partial charge in [-0.2, -0.15) is 0 Å². The van der Waals surface area contributed by atoms with Gasteiger partial charge in [-0.3, -0.25) is 9.59 Å². The highest BCUT2D eigenvalue weighted by molar-refractivity contribution is 7.12. The van der Waals surface area contributed by atoms with Gasteiger partial charge in [-0.25, -0.2) is 9.59 Å². The molecule has 7 atom stereocenters. The molecule has 1 heterocycles. The second-order valence-electron chi connectivity index (χ2n) is 11.3. The Bertz CT molecular complexity index is 1200. The number of allylic oxidation sites excluding steroid dienone is 4. The van der Waals surface area contributed by atoms with Crippen LogP contribution in [-0.4, -0.2) is 53.7 Å². The van der Waals surface area contributed by atoms with Crippen LogP contribution in [0.2, 0.25) is 0 Å². The molecule has 0 aromatic carbocycles. The molecule has 0 unspecified atom stereocenters. The van der Waals surface area contributed by atoms with E-state index < -0.39 is 41.3 Å². The minimum atomic E-state index is -1.69. The molecule has 1 aromatic rings. The molecule has 0 spiro atoms. The van der Waals surface area contributed by atoms with E-state index in [0.29, 0.717) is 11.3 Å². The third-order valence-corrected chi connectivity index (χ3v) is 10.5. The largest absolute Gasteiger partial charge is 0.509 e. The predicted octanol–water partition coefficient (Wildman–Crippen LogP) is 4.66. The SMILES string of the molecule is CCOC(=O)O[C@]1(C(=O)OCC(=O)c2cccs2)CC[C@H]2[C@@H]3CCC4=CC(=O)C=C[C@]4(C)[C@H]3[C@@H](O)C[C@@]21C. The van der Waals surface area contributed by atoms with E-state index in [1.807, 2.05) is 13.0 Å². The van der Waals surface area contributed by atoms with Crippen molar-refractivity contribution in [2.24, 2.45) is 28.6 Å². The zero-order valence-electron chi connectivity index (χ0n) is 21.9. The van der Waals surface area contributed by atoms with Gasteiger partial charge < -0.3 is 19.3 Å². The third kappa shape index (κ3) is 4.06. The Labute approximate surface area is 226 Å². The summed E-state index contributed by atoms with van der Waals surface area (Å²) >= 11 is 1.26. The van der Waals surface area contributed by atoms with E-state index in [0.717, 1.165) is 18.4 Å². The normalized spacial score (nSPS) is 37.4. The van der Waals surface area contributed by atoms with E-state index in [4.69, 9.17) is 14.2 Å². The molecule has 1 N–H and O–H groups in total. The van der Waals surface area contributed by atoms with Crippen molar-refractivity contribution in [1.29, 1.82) is 0 Å². The van der Waals surface area contributed by atoms with Gasteiger partial charge in [0.15, 0.2) is 12.4 Å². The Balaban J connectivity index is 1.47. The van der Waals surface area contributed by atoms with Crippen LogP contribution < -0.4 is 0 Å². The monoisotopic (exact) mass is 542 g/mol. The van der Waals surface area contributed by atoms with E-state index in [-0.39, 0.29) is 48.8 Å². The summed E-state index contributed by atoms with van der Waals surface area (Å²) in [6.07, 6.45) is 5.91. The maximum absolute atomic E-state index is 13.8. The topological polar surface area (TPSA) is 116 Å². The van der Waals surface area contributed by atoms with Crippen molar-refractivity contribution < 1.29 is 38.5 Å². The van der Waals surface area contributed by atoms with E-state index in [2.05, 4.69) is 6.92 Å². The van der Waals surface area contributed by atoms with Gasteiger partial charge in [0.25, 0.3) is 0 Å². The second kappa shape index (κ2) is 9.75. The highest BCUT2D eigenvalue weighted by atomic mass is 32.1. The fraction of sp³-hybridized carbons (Fsp3) is 0.586. The van der Waals surface area contributed by atoms with Crippen LogP contribution in [0.4, 0.5) is 4.79 Å². The number of ether oxygens (including phenoxy) is 3. The van der Waals surface area contributed by atoms with Crippen LogP contribution >= 0.6 is 11.3 Å².